The summed E-state index contributed by atoms with van der Waals surface area (Å²) in [5, 5.41) is 1.09. The summed E-state index contributed by atoms with van der Waals surface area (Å²) in [7, 11) is 0. The molecular weight excluding hydrogens is 235 g/mol. The van der Waals surface area contributed by atoms with Crippen molar-refractivity contribution < 1.29 is 0 Å². The Bertz CT molecular complexity index is 238. The molecule has 1 aromatic rings. The van der Waals surface area contributed by atoms with Crippen LogP contribution in [0.1, 0.15) is 43.7 Å². The Labute approximate surface area is 95.9 Å². The van der Waals surface area contributed by atoms with Crippen molar-refractivity contribution in [1.82, 2.24) is 0 Å². The first-order valence-electron chi connectivity index (χ1n) is 5.55. The third kappa shape index (κ3) is 4.30. The van der Waals surface area contributed by atoms with Crippen LogP contribution in [-0.2, 0) is 11.7 Å². The monoisotopic (exact) mass is 256 g/mol. The van der Waals surface area contributed by atoms with Crippen molar-refractivity contribution in [2.45, 2.75) is 44.3 Å². The maximum absolute atomic E-state index is 2.62. The molecule has 1 rings (SSSR count). The molecule has 0 aliphatic carbocycles. The van der Waals surface area contributed by atoms with Gasteiger partial charge in [-0.15, -0.1) is 0 Å². The molecule has 0 radical (unpaired) electrons. The zero-order valence-corrected chi connectivity index (χ0v) is 10.9. The van der Waals surface area contributed by atoms with Gasteiger partial charge in [0.25, 0.3) is 0 Å². The van der Waals surface area contributed by atoms with E-state index in [1.54, 1.807) is 0 Å². The van der Waals surface area contributed by atoms with Crippen molar-refractivity contribution in [2.75, 3.05) is 0 Å². The van der Waals surface area contributed by atoms with Gasteiger partial charge in [-0.1, -0.05) is 0 Å². The predicted molar refractivity (Wildman–Crippen MR) is 65.1 cm³/mol. The van der Waals surface area contributed by atoms with Gasteiger partial charge >= 0.3 is 95.8 Å². The molecule has 78 valence electrons. The van der Waals surface area contributed by atoms with Crippen LogP contribution in [0.25, 0.3) is 0 Å². The summed E-state index contributed by atoms with van der Waals surface area (Å²) in [5.74, 6) is 0. The molecule has 14 heavy (non-hydrogen) atoms. The quantitative estimate of drug-likeness (QED) is 0.541. The average Bonchev–Trinajstić information content (AvgIpc) is 2.25. The minimum atomic E-state index is 1.09. The Morgan fingerprint density at radius 3 is 2.14 bits per heavy atom. The van der Waals surface area contributed by atoms with Gasteiger partial charge in [-0.2, -0.15) is 0 Å². The Hall–Kier alpha value is -0.261. The molecule has 0 bridgehead atoms. The molecule has 0 aliphatic rings. The van der Waals surface area contributed by atoms with Gasteiger partial charge < -0.3 is 0 Å². The maximum atomic E-state index is 2.62. The number of rotatable bonds is 6. The molecule has 0 aromatic heterocycles. The SMILES string of the molecule is CCCCCCc1ccc(C[SeH])cc1. The molecule has 0 atom stereocenters. The first-order chi connectivity index (χ1) is 6.86. The van der Waals surface area contributed by atoms with Crippen LogP contribution in [0.5, 0.6) is 0 Å². The van der Waals surface area contributed by atoms with Crippen molar-refractivity contribution >= 4 is 16.0 Å². The predicted octanol–water partition coefficient (Wildman–Crippen LogP) is 3.21. The van der Waals surface area contributed by atoms with Crippen molar-refractivity contribution in [2.24, 2.45) is 0 Å². The molecule has 0 fully saturated rings. The number of hydrogen-bond acceptors (Lipinski definition) is 0. The van der Waals surface area contributed by atoms with Crippen LogP contribution in [0.15, 0.2) is 24.3 Å². The second kappa shape index (κ2) is 7.09. The van der Waals surface area contributed by atoms with E-state index >= 15 is 0 Å². The van der Waals surface area contributed by atoms with E-state index in [1.807, 2.05) is 0 Å². The summed E-state index contributed by atoms with van der Waals surface area (Å²) >= 11 is 2.62. The first-order valence-corrected chi connectivity index (χ1v) is 6.88. The Morgan fingerprint density at radius 1 is 0.929 bits per heavy atom. The molecule has 1 heteroatoms. The van der Waals surface area contributed by atoms with Crippen LogP contribution in [0.4, 0.5) is 0 Å². The van der Waals surface area contributed by atoms with E-state index < -0.39 is 0 Å². The Kier molecular flexibility index (Phi) is 5.98. The zero-order chi connectivity index (χ0) is 10.2. The van der Waals surface area contributed by atoms with Crippen LogP contribution in [-0.4, -0.2) is 16.0 Å². The summed E-state index contributed by atoms with van der Waals surface area (Å²) in [5.41, 5.74) is 2.91. The van der Waals surface area contributed by atoms with E-state index in [0.717, 1.165) is 5.32 Å². The second-order valence-electron chi connectivity index (χ2n) is 3.79. The van der Waals surface area contributed by atoms with Gasteiger partial charge in [0.2, 0.25) is 0 Å². The molecular formula is C13H20Se. The van der Waals surface area contributed by atoms with Crippen LogP contribution in [0.3, 0.4) is 0 Å². The third-order valence-electron chi connectivity index (χ3n) is 2.52. The molecule has 0 heterocycles. The summed E-state index contributed by atoms with van der Waals surface area (Å²) in [6, 6.07) is 9.03. The van der Waals surface area contributed by atoms with E-state index in [9.17, 15) is 0 Å². The molecule has 0 N–H and O–H groups in total. The minimum absolute atomic E-state index is 1.09. The topological polar surface area (TPSA) is 0 Å². The fraction of sp³-hybridized carbons (Fsp3) is 0.538. The van der Waals surface area contributed by atoms with Crippen LogP contribution in [0, 0.1) is 0 Å². The van der Waals surface area contributed by atoms with Crippen molar-refractivity contribution in [1.29, 1.82) is 0 Å². The van der Waals surface area contributed by atoms with Gasteiger partial charge in [0, 0.05) is 0 Å². The molecule has 0 amide bonds. The van der Waals surface area contributed by atoms with Crippen molar-refractivity contribution in [3.05, 3.63) is 35.4 Å². The molecule has 0 unspecified atom stereocenters. The summed E-state index contributed by atoms with van der Waals surface area (Å²) in [6.45, 7) is 2.26. The summed E-state index contributed by atoms with van der Waals surface area (Å²) in [6.07, 6.45) is 6.67. The Morgan fingerprint density at radius 2 is 1.57 bits per heavy atom. The molecule has 1 aromatic carbocycles. The number of aryl methyl sites for hydroxylation is 1. The first kappa shape index (κ1) is 11.8. The van der Waals surface area contributed by atoms with Crippen molar-refractivity contribution in [3.8, 4) is 0 Å². The van der Waals surface area contributed by atoms with Gasteiger partial charge in [-0.05, 0) is 0 Å². The van der Waals surface area contributed by atoms with E-state index in [-0.39, 0.29) is 0 Å². The number of unbranched alkanes of at least 4 members (excludes halogenated alkanes) is 3. The van der Waals surface area contributed by atoms with Crippen molar-refractivity contribution in [3.63, 3.8) is 0 Å². The Balaban J connectivity index is 2.29. The van der Waals surface area contributed by atoms with Gasteiger partial charge in [0.1, 0.15) is 0 Å². The number of benzene rings is 1. The van der Waals surface area contributed by atoms with E-state index in [4.69, 9.17) is 0 Å². The fourth-order valence-electron chi connectivity index (χ4n) is 1.57. The molecule has 0 saturated heterocycles. The van der Waals surface area contributed by atoms with Crippen LogP contribution >= 0.6 is 0 Å². The standard InChI is InChI=1S/C13H20Se/c1-2-3-4-5-6-12-7-9-13(11-14)10-8-12/h7-10,14H,2-6,11H2,1H3. The van der Waals surface area contributed by atoms with Gasteiger partial charge in [0.15, 0.2) is 0 Å². The normalized spacial score (nSPS) is 10.4. The van der Waals surface area contributed by atoms with Crippen LogP contribution in [0.2, 0.25) is 0 Å². The molecule has 0 spiro atoms. The second-order valence-corrected chi connectivity index (χ2v) is 4.45. The van der Waals surface area contributed by atoms with Gasteiger partial charge in [-0.3, -0.25) is 0 Å². The summed E-state index contributed by atoms with van der Waals surface area (Å²) < 4.78 is 0. The fourth-order valence-corrected chi connectivity index (χ4v) is 2.01. The van der Waals surface area contributed by atoms with E-state index in [2.05, 4.69) is 47.2 Å². The average molecular weight is 255 g/mol. The van der Waals surface area contributed by atoms with Crippen LogP contribution < -0.4 is 0 Å². The number of hydrogen-bond donors (Lipinski definition) is 0. The van der Waals surface area contributed by atoms with Gasteiger partial charge in [-0.25, -0.2) is 0 Å². The zero-order valence-electron chi connectivity index (χ0n) is 9.00. The molecule has 0 aliphatic heterocycles. The molecule has 0 saturated carbocycles. The third-order valence-corrected chi connectivity index (χ3v) is 3.29. The van der Waals surface area contributed by atoms with Gasteiger partial charge in [0.05, 0.1) is 0 Å². The summed E-state index contributed by atoms with van der Waals surface area (Å²) in [4.78, 5) is 0. The van der Waals surface area contributed by atoms with E-state index in [0.29, 0.717) is 0 Å². The molecule has 0 nitrogen and oxygen atoms in total. The van der Waals surface area contributed by atoms with E-state index in [1.165, 1.54) is 43.2 Å².